The molecule has 0 saturated carbocycles. The summed E-state index contributed by atoms with van der Waals surface area (Å²) < 4.78 is 2.67. The quantitative estimate of drug-likeness (QED) is 0.907. The fourth-order valence-corrected chi connectivity index (χ4v) is 1.73. The number of aryl methyl sites for hydroxylation is 1. The highest BCUT2D eigenvalue weighted by Gasteiger charge is 2.10. The molecule has 5 nitrogen and oxygen atoms in total. The first-order chi connectivity index (χ1) is 7.08. The summed E-state index contributed by atoms with van der Waals surface area (Å²) in [7, 11) is 0. The van der Waals surface area contributed by atoms with E-state index in [0.717, 1.165) is 21.9 Å². The van der Waals surface area contributed by atoms with E-state index in [1.807, 2.05) is 17.5 Å². The molecule has 0 amide bonds. The zero-order chi connectivity index (χ0) is 11.0. The van der Waals surface area contributed by atoms with Crippen LogP contribution in [0.4, 0.5) is 5.82 Å². The monoisotopic (exact) mass is 269 g/mol. The minimum absolute atomic E-state index is 0.313. The van der Waals surface area contributed by atoms with Crippen LogP contribution in [0.2, 0.25) is 0 Å². The van der Waals surface area contributed by atoms with Crippen molar-refractivity contribution in [2.45, 2.75) is 26.8 Å². The molecular weight excluding hydrogens is 258 g/mol. The molecule has 0 aliphatic heterocycles. The molecular formula is C9H12BrN5. The van der Waals surface area contributed by atoms with Gasteiger partial charge in [0.1, 0.15) is 10.4 Å². The van der Waals surface area contributed by atoms with Gasteiger partial charge in [-0.05, 0) is 36.7 Å². The van der Waals surface area contributed by atoms with Gasteiger partial charge >= 0.3 is 0 Å². The summed E-state index contributed by atoms with van der Waals surface area (Å²) in [5.74, 6) is 1.60. The molecule has 0 aromatic carbocycles. The summed E-state index contributed by atoms with van der Waals surface area (Å²) >= 11 is 3.36. The number of halogens is 1. The summed E-state index contributed by atoms with van der Waals surface area (Å²) in [6.45, 7) is 6.02. The van der Waals surface area contributed by atoms with Crippen LogP contribution in [0.25, 0.3) is 5.65 Å². The highest BCUT2D eigenvalue weighted by atomic mass is 79.9. The van der Waals surface area contributed by atoms with Gasteiger partial charge in [0.15, 0.2) is 5.82 Å². The van der Waals surface area contributed by atoms with Crippen molar-refractivity contribution in [2.24, 2.45) is 0 Å². The SMILES string of the molecule is Cc1nnc2c(NC(C)C)nc(Br)cn12. The Balaban J connectivity index is 2.61. The van der Waals surface area contributed by atoms with Crippen LogP contribution in [0.15, 0.2) is 10.8 Å². The number of nitrogens with zero attached hydrogens (tertiary/aromatic N) is 4. The Labute approximate surface area is 96.1 Å². The summed E-state index contributed by atoms with van der Waals surface area (Å²) in [5, 5.41) is 11.3. The summed E-state index contributed by atoms with van der Waals surface area (Å²) in [6.07, 6.45) is 1.86. The molecule has 0 atom stereocenters. The maximum Gasteiger partial charge on any atom is 0.203 e. The number of nitrogens with one attached hydrogen (secondary N) is 1. The lowest BCUT2D eigenvalue weighted by Crippen LogP contribution is -2.12. The molecule has 0 radical (unpaired) electrons. The Morgan fingerprint density at radius 1 is 1.40 bits per heavy atom. The first-order valence-corrected chi connectivity index (χ1v) is 5.51. The first-order valence-electron chi connectivity index (χ1n) is 4.72. The third-order valence-electron chi connectivity index (χ3n) is 1.96. The van der Waals surface area contributed by atoms with Crippen molar-refractivity contribution in [1.29, 1.82) is 0 Å². The first kappa shape index (κ1) is 10.4. The third kappa shape index (κ3) is 1.94. The molecule has 6 heteroatoms. The molecule has 80 valence electrons. The molecule has 2 rings (SSSR count). The maximum absolute atomic E-state index is 4.34. The van der Waals surface area contributed by atoms with Crippen molar-refractivity contribution in [1.82, 2.24) is 19.6 Å². The van der Waals surface area contributed by atoms with E-state index in [-0.39, 0.29) is 0 Å². The van der Waals surface area contributed by atoms with Crippen molar-refractivity contribution >= 4 is 27.4 Å². The van der Waals surface area contributed by atoms with Gasteiger partial charge in [0, 0.05) is 12.2 Å². The van der Waals surface area contributed by atoms with Crippen LogP contribution in [0, 0.1) is 6.92 Å². The minimum Gasteiger partial charge on any atom is -0.365 e. The molecule has 0 aliphatic rings. The van der Waals surface area contributed by atoms with E-state index in [0.29, 0.717) is 6.04 Å². The van der Waals surface area contributed by atoms with Crippen LogP contribution in [-0.2, 0) is 0 Å². The predicted molar refractivity (Wildman–Crippen MR) is 62.0 cm³/mol. The van der Waals surface area contributed by atoms with E-state index in [4.69, 9.17) is 0 Å². The van der Waals surface area contributed by atoms with Gasteiger partial charge in [0.2, 0.25) is 5.65 Å². The fraction of sp³-hybridized carbons (Fsp3) is 0.444. The number of rotatable bonds is 2. The second-order valence-corrected chi connectivity index (χ2v) is 4.46. The van der Waals surface area contributed by atoms with E-state index in [1.54, 1.807) is 0 Å². The molecule has 0 unspecified atom stereocenters. The Hall–Kier alpha value is -1.17. The van der Waals surface area contributed by atoms with E-state index in [1.165, 1.54) is 0 Å². The second-order valence-electron chi connectivity index (χ2n) is 3.65. The largest absolute Gasteiger partial charge is 0.365 e. The molecule has 0 aliphatic carbocycles. The van der Waals surface area contributed by atoms with Crippen LogP contribution in [0.5, 0.6) is 0 Å². The second kappa shape index (κ2) is 3.77. The van der Waals surface area contributed by atoms with Crippen molar-refractivity contribution in [3.05, 3.63) is 16.6 Å². The standard InChI is InChI=1S/C9H12BrN5/c1-5(2)11-8-9-14-13-6(3)15(9)4-7(10)12-8/h4-5H,1-3H3,(H,11,12). The lowest BCUT2D eigenvalue weighted by molar-refractivity contribution is 0.883. The number of hydrogen-bond acceptors (Lipinski definition) is 4. The molecule has 0 bridgehead atoms. The van der Waals surface area contributed by atoms with Gasteiger partial charge in [0.05, 0.1) is 0 Å². The molecule has 1 N–H and O–H groups in total. The molecule has 15 heavy (non-hydrogen) atoms. The van der Waals surface area contributed by atoms with E-state index in [9.17, 15) is 0 Å². The predicted octanol–water partition coefficient (Wildman–Crippen LogP) is 2.02. The molecule has 2 aromatic rings. The Morgan fingerprint density at radius 3 is 2.80 bits per heavy atom. The lowest BCUT2D eigenvalue weighted by Gasteiger charge is -2.09. The summed E-state index contributed by atoms with van der Waals surface area (Å²) in [5.41, 5.74) is 0.754. The van der Waals surface area contributed by atoms with Crippen molar-refractivity contribution in [3.63, 3.8) is 0 Å². The number of fused-ring (bicyclic) bond motifs is 1. The average Bonchev–Trinajstić information content (AvgIpc) is 2.47. The topological polar surface area (TPSA) is 55.1 Å². The van der Waals surface area contributed by atoms with Gasteiger partial charge in [0.25, 0.3) is 0 Å². The Morgan fingerprint density at radius 2 is 2.13 bits per heavy atom. The van der Waals surface area contributed by atoms with Crippen LogP contribution in [0.3, 0.4) is 0 Å². The smallest absolute Gasteiger partial charge is 0.203 e. The minimum atomic E-state index is 0.313. The molecule has 0 spiro atoms. The molecule has 0 saturated heterocycles. The molecule has 2 aromatic heterocycles. The van der Waals surface area contributed by atoms with E-state index in [2.05, 4.69) is 50.3 Å². The van der Waals surface area contributed by atoms with Gasteiger partial charge in [-0.15, -0.1) is 10.2 Å². The number of hydrogen-bond donors (Lipinski definition) is 1. The highest BCUT2D eigenvalue weighted by Crippen LogP contribution is 2.18. The normalized spacial score (nSPS) is 11.3. The van der Waals surface area contributed by atoms with Crippen molar-refractivity contribution in [3.8, 4) is 0 Å². The van der Waals surface area contributed by atoms with Gasteiger partial charge < -0.3 is 5.32 Å². The Kier molecular flexibility index (Phi) is 2.60. The van der Waals surface area contributed by atoms with E-state index < -0.39 is 0 Å². The van der Waals surface area contributed by atoms with Crippen molar-refractivity contribution < 1.29 is 0 Å². The van der Waals surface area contributed by atoms with Crippen LogP contribution < -0.4 is 5.32 Å². The van der Waals surface area contributed by atoms with Crippen LogP contribution in [-0.4, -0.2) is 25.6 Å². The summed E-state index contributed by atoms with van der Waals surface area (Å²) in [4.78, 5) is 4.34. The summed E-state index contributed by atoms with van der Waals surface area (Å²) in [6, 6.07) is 0.313. The molecule has 2 heterocycles. The maximum atomic E-state index is 4.34. The highest BCUT2D eigenvalue weighted by molar-refractivity contribution is 9.10. The van der Waals surface area contributed by atoms with Crippen LogP contribution >= 0.6 is 15.9 Å². The molecule has 0 fully saturated rings. The zero-order valence-electron chi connectivity index (χ0n) is 8.82. The van der Waals surface area contributed by atoms with Gasteiger partial charge in [-0.25, -0.2) is 4.98 Å². The lowest BCUT2D eigenvalue weighted by atomic mass is 10.4. The van der Waals surface area contributed by atoms with E-state index >= 15 is 0 Å². The van der Waals surface area contributed by atoms with Crippen LogP contribution in [0.1, 0.15) is 19.7 Å². The average molecular weight is 270 g/mol. The van der Waals surface area contributed by atoms with Gasteiger partial charge in [-0.2, -0.15) is 0 Å². The van der Waals surface area contributed by atoms with Gasteiger partial charge in [-0.1, -0.05) is 0 Å². The fourth-order valence-electron chi connectivity index (χ4n) is 1.35. The van der Waals surface area contributed by atoms with Gasteiger partial charge in [-0.3, -0.25) is 4.40 Å². The van der Waals surface area contributed by atoms with Crippen molar-refractivity contribution in [2.75, 3.05) is 5.32 Å². The third-order valence-corrected chi connectivity index (χ3v) is 2.34. The number of aromatic nitrogens is 4. The number of anilines is 1. The zero-order valence-corrected chi connectivity index (χ0v) is 10.4. The Bertz CT molecular complexity index is 490.